The smallest absolute Gasteiger partial charge is 0.341 e. The first kappa shape index (κ1) is 39.6. The number of aliphatic hydroxyl groups excluding tert-OH is 1. The molecule has 4 N–H and O–H groups in total. The molecule has 4 rings (SSSR count). The summed E-state index contributed by atoms with van der Waals surface area (Å²) >= 11 is 0. The van der Waals surface area contributed by atoms with Gasteiger partial charge in [-0.25, -0.2) is 4.79 Å². The number of benzene rings is 1. The minimum absolute atomic E-state index is 0.0430. The number of aliphatic carboxylic acids is 1. The van der Waals surface area contributed by atoms with Gasteiger partial charge in [0.15, 0.2) is 6.61 Å². The summed E-state index contributed by atoms with van der Waals surface area (Å²) in [5, 5.41) is 26.3. The Morgan fingerprint density at radius 3 is 2.36 bits per heavy atom. The Morgan fingerprint density at radius 2 is 1.64 bits per heavy atom. The summed E-state index contributed by atoms with van der Waals surface area (Å²) in [4.78, 5) is 49.5. The van der Waals surface area contributed by atoms with Crippen LogP contribution in [0.2, 0.25) is 0 Å². The number of hydrogen-bond acceptors (Lipinski definition) is 7. The molecule has 0 heterocycles. The first-order chi connectivity index (χ1) is 24.2. The number of nitrogens with one attached hydrogen (secondary N) is 2. The maximum atomic E-state index is 13.7. The number of carbonyl (C=O) groups is 4. The number of amides is 2. The zero-order chi connectivity index (χ0) is 35.9. The van der Waals surface area contributed by atoms with Crippen molar-refractivity contribution in [2.75, 3.05) is 19.7 Å². The van der Waals surface area contributed by atoms with Gasteiger partial charge >= 0.3 is 11.9 Å². The van der Waals surface area contributed by atoms with Crippen LogP contribution in [0.3, 0.4) is 0 Å². The van der Waals surface area contributed by atoms with E-state index >= 15 is 0 Å². The van der Waals surface area contributed by atoms with Crippen molar-refractivity contribution in [1.29, 1.82) is 0 Å². The molecule has 0 aliphatic heterocycles. The molecule has 2 amide bonds. The molecule has 3 aliphatic carbocycles. The summed E-state index contributed by atoms with van der Waals surface area (Å²) < 4.78 is 11.9. The van der Waals surface area contributed by atoms with Gasteiger partial charge in [0.05, 0.1) is 17.9 Å². The third-order valence-electron chi connectivity index (χ3n) is 11.4. The standard InChI is InChI=1S/C40H62N2O8/c1-3-5-8-15-29(19-20-30-33-23-27-14-13-18-36(49-26-38(45)46)34(27)24-28(33)25-35(30)43)50-40(48)32-17-10-9-16-31(32)39(47)42-22-12-7-6-11-21-41-37(44)4-2/h13-14,18,28-33,35,43H,3-12,15-17,19-26H2,1-2H3,(H,41,44)(H,42,47)(H,45,46)/t28-,29-,30+,31?,32?,33-,35+/m0/s1. The van der Waals surface area contributed by atoms with Crippen molar-refractivity contribution < 1.29 is 38.9 Å². The second-order valence-corrected chi connectivity index (χ2v) is 14.9. The van der Waals surface area contributed by atoms with E-state index < -0.39 is 18.0 Å². The zero-order valence-corrected chi connectivity index (χ0v) is 30.5. The SMILES string of the molecule is CCCCC[C@@H](CC[C@@H]1[C@H]2Cc3cccc(OCC(=O)O)c3C[C@H]2C[C@H]1O)OC(=O)C1CCCCC1C(=O)NCCCCCCNC(=O)CC. The zero-order valence-electron chi connectivity index (χ0n) is 30.5. The molecule has 7 atom stereocenters. The monoisotopic (exact) mass is 698 g/mol. The molecule has 0 spiro atoms. The normalized spacial score (nSPS) is 24.8. The second kappa shape index (κ2) is 20.6. The van der Waals surface area contributed by atoms with Crippen molar-refractivity contribution in [3.05, 3.63) is 29.3 Å². The van der Waals surface area contributed by atoms with E-state index in [1.165, 1.54) is 0 Å². The predicted octanol–water partition coefficient (Wildman–Crippen LogP) is 6.14. The van der Waals surface area contributed by atoms with Crippen LogP contribution in [0.25, 0.3) is 0 Å². The molecular formula is C40H62N2O8. The molecule has 0 radical (unpaired) electrons. The van der Waals surface area contributed by atoms with E-state index in [1.54, 1.807) is 0 Å². The van der Waals surface area contributed by atoms with Gasteiger partial charge in [-0.05, 0) is 106 Å². The Balaban J connectivity index is 1.29. The molecule has 280 valence electrons. The average Bonchev–Trinajstić information content (AvgIpc) is 3.42. The van der Waals surface area contributed by atoms with E-state index in [-0.39, 0.29) is 42.3 Å². The number of carboxylic acid groups (broad SMARTS) is 1. The molecular weight excluding hydrogens is 636 g/mol. The minimum Gasteiger partial charge on any atom is -0.482 e. The van der Waals surface area contributed by atoms with Crippen molar-refractivity contribution in [2.24, 2.45) is 29.6 Å². The number of carbonyl (C=O) groups excluding carboxylic acids is 3. The largest absolute Gasteiger partial charge is 0.482 e. The van der Waals surface area contributed by atoms with Crippen molar-refractivity contribution in [3.8, 4) is 5.75 Å². The van der Waals surface area contributed by atoms with Crippen LogP contribution in [0.4, 0.5) is 0 Å². The van der Waals surface area contributed by atoms with E-state index in [1.807, 2.05) is 19.1 Å². The third-order valence-corrected chi connectivity index (χ3v) is 11.4. The highest BCUT2D eigenvalue weighted by Gasteiger charge is 2.45. The lowest BCUT2D eigenvalue weighted by Crippen LogP contribution is -2.41. The predicted molar refractivity (Wildman–Crippen MR) is 192 cm³/mol. The highest BCUT2D eigenvalue weighted by molar-refractivity contribution is 5.85. The number of hydrogen-bond donors (Lipinski definition) is 4. The van der Waals surface area contributed by atoms with E-state index in [4.69, 9.17) is 14.6 Å². The summed E-state index contributed by atoms with van der Waals surface area (Å²) in [5.74, 6) is -0.653. The Bertz CT molecular complexity index is 1250. The fourth-order valence-electron chi connectivity index (χ4n) is 8.62. The average molecular weight is 699 g/mol. The van der Waals surface area contributed by atoms with Crippen LogP contribution < -0.4 is 15.4 Å². The van der Waals surface area contributed by atoms with Gasteiger partial charge in [0.25, 0.3) is 0 Å². The maximum Gasteiger partial charge on any atom is 0.341 e. The van der Waals surface area contributed by atoms with Gasteiger partial charge in [-0.2, -0.15) is 0 Å². The quantitative estimate of drug-likeness (QED) is 0.0883. The topological polar surface area (TPSA) is 151 Å². The molecule has 10 heteroatoms. The maximum absolute atomic E-state index is 13.7. The Labute approximate surface area is 298 Å². The number of unbranched alkanes of at least 4 members (excludes halogenated alkanes) is 5. The molecule has 1 aromatic rings. The number of carboxylic acids is 1. The highest BCUT2D eigenvalue weighted by Crippen LogP contribution is 2.48. The van der Waals surface area contributed by atoms with E-state index in [0.29, 0.717) is 62.8 Å². The molecule has 0 saturated heterocycles. The molecule has 2 fully saturated rings. The van der Waals surface area contributed by atoms with Gasteiger partial charge in [-0.3, -0.25) is 14.4 Å². The minimum atomic E-state index is -1.00. The van der Waals surface area contributed by atoms with Crippen LogP contribution >= 0.6 is 0 Å². The van der Waals surface area contributed by atoms with Gasteiger partial charge in [-0.15, -0.1) is 0 Å². The summed E-state index contributed by atoms with van der Waals surface area (Å²) in [5.41, 5.74) is 2.23. The van der Waals surface area contributed by atoms with Crippen molar-refractivity contribution in [2.45, 2.75) is 142 Å². The van der Waals surface area contributed by atoms with Gasteiger partial charge in [0.1, 0.15) is 11.9 Å². The molecule has 10 nitrogen and oxygen atoms in total. The van der Waals surface area contributed by atoms with Crippen molar-refractivity contribution in [1.82, 2.24) is 10.6 Å². The highest BCUT2D eigenvalue weighted by atomic mass is 16.5. The summed E-state index contributed by atoms with van der Waals surface area (Å²) in [6.45, 7) is 4.91. The van der Waals surface area contributed by atoms with Gasteiger partial charge in [-0.1, -0.05) is 64.5 Å². The summed E-state index contributed by atoms with van der Waals surface area (Å²) in [7, 11) is 0. The molecule has 50 heavy (non-hydrogen) atoms. The molecule has 0 bridgehead atoms. The van der Waals surface area contributed by atoms with Crippen LogP contribution in [0.15, 0.2) is 18.2 Å². The Morgan fingerprint density at radius 1 is 0.900 bits per heavy atom. The van der Waals surface area contributed by atoms with Crippen LogP contribution in [0.1, 0.15) is 128 Å². The number of esters is 1. The van der Waals surface area contributed by atoms with Crippen LogP contribution in [0, 0.1) is 29.6 Å². The molecule has 1 aromatic carbocycles. The lowest BCUT2D eigenvalue weighted by atomic mass is 9.73. The summed E-state index contributed by atoms with van der Waals surface area (Å²) in [6.07, 6.45) is 14.5. The van der Waals surface area contributed by atoms with E-state index in [2.05, 4.69) is 23.6 Å². The van der Waals surface area contributed by atoms with Crippen molar-refractivity contribution in [3.63, 3.8) is 0 Å². The van der Waals surface area contributed by atoms with Gasteiger partial charge < -0.3 is 30.3 Å². The van der Waals surface area contributed by atoms with Gasteiger partial charge in [0.2, 0.25) is 11.8 Å². The molecule has 2 unspecified atom stereocenters. The molecule has 2 saturated carbocycles. The molecule has 0 aromatic heterocycles. The number of ether oxygens (including phenoxy) is 2. The number of aliphatic hydroxyl groups is 1. The first-order valence-corrected chi connectivity index (χ1v) is 19.6. The fourth-order valence-corrected chi connectivity index (χ4v) is 8.62. The van der Waals surface area contributed by atoms with Gasteiger partial charge in [0, 0.05) is 19.5 Å². The van der Waals surface area contributed by atoms with Crippen LogP contribution in [-0.4, -0.2) is 65.9 Å². The van der Waals surface area contributed by atoms with E-state index in [0.717, 1.165) is 94.6 Å². The van der Waals surface area contributed by atoms with E-state index in [9.17, 15) is 24.3 Å². The Hall–Kier alpha value is -3.14. The van der Waals surface area contributed by atoms with Crippen LogP contribution in [-0.2, 0) is 36.8 Å². The number of rotatable bonds is 21. The molecule has 3 aliphatic rings. The first-order valence-electron chi connectivity index (χ1n) is 19.6. The third kappa shape index (κ3) is 11.7. The van der Waals surface area contributed by atoms with Crippen LogP contribution in [0.5, 0.6) is 5.75 Å². The Kier molecular flexibility index (Phi) is 16.4. The lowest BCUT2D eigenvalue weighted by Gasteiger charge is -2.33. The second-order valence-electron chi connectivity index (χ2n) is 14.9. The van der Waals surface area contributed by atoms with Crippen molar-refractivity contribution >= 4 is 23.8 Å². The lowest BCUT2D eigenvalue weighted by molar-refractivity contribution is -0.160. The number of fused-ring (bicyclic) bond motifs is 2. The fraction of sp³-hybridized carbons (Fsp3) is 0.750. The summed E-state index contributed by atoms with van der Waals surface area (Å²) in [6, 6.07) is 5.84.